The second-order valence-corrected chi connectivity index (χ2v) is 2.41. The highest BCUT2D eigenvalue weighted by molar-refractivity contribution is 5.58. The van der Waals surface area contributed by atoms with Crippen LogP contribution in [0.1, 0.15) is 5.56 Å². The van der Waals surface area contributed by atoms with Crippen LogP contribution in [0.4, 0.5) is 14.5 Å². The van der Waals surface area contributed by atoms with Crippen LogP contribution in [0.2, 0.25) is 0 Å². The highest BCUT2D eigenvalue weighted by atomic mass is 19.3. The van der Waals surface area contributed by atoms with E-state index in [1.54, 1.807) is 0 Å². The van der Waals surface area contributed by atoms with Crippen molar-refractivity contribution in [2.75, 3.05) is 5.73 Å². The van der Waals surface area contributed by atoms with Gasteiger partial charge in [0.2, 0.25) is 5.75 Å². The van der Waals surface area contributed by atoms with Crippen molar-refractivity contribution in [3.05, 3.63) is 23.8 Å². The van der Waals surface area contributed by atoms with Crippen molar-refractivity contribution in [2.45, 2.75) is 6.11 Å². The molecule has 0 amide bonds. The maximum Gasteiger partial charge on any atom is 0.421 e. The van der Waals surface area contributed by atoms with Crippen LogP contribution in [0, 0.1) is 0 Å². The van der Waals surface area contributed by atoms with E-state index >= 15 is 0 Å². The molecule has 0 aliphatic carbocycles. The molecule has 1 aromatic carbocycles. The molecule has 1 aromatic rings. The van der Waals surface area contributed by atoms with E-state index in [0.717, 1.165) is 0 Å². The molecule has 1 aliphatic rings. The van der Waals surface area contributed by atoms with Gasteiger partial charge >= 0.3 is 6.11 Å². The highest BCUT2D eigenvalue weighted by Gasteiger charge is 2.45. The largest absolute Gasteiger partial charge is 0.421 e. The molecule has 0 atom stereocenters. The summed E-state index contributed by atoms with van der Waals surface area (Å²) in [5.74, 6) is -0.0949. The Kier molecular flexibility index (Phi) is 1.26. The summed E-state index contributed by atoms with van der Waals surface area (Å²) in [4.78, 5) is 8.05. The van der Waals surface area contributed by atoms with Crippen LogP contribution in [0.15, 0.2) is 18.2 Å². The molecule has 12 heavy (non-hydrogen) atoms. The molecule has 0 aromatic heterocycles. The van der Waals surface area contributed by atoms with Gasteiger partial charge in [-0.15, -0.1) is 4.89 Å². The third-order valence-electron chi connectivity index (χ3n) is 1.59. The summed E-state index contributed by atoms with van der Waals surface area (Å²) >= 11 is 0. The van der Waals surface area contributed by atoms with Crippen molar-refractivity contribution in [2.24, 2.45) is 0 Å². The van der Waals surface area contributed by atoms with E-state index in [-0.39, 0.29) is 17.0 Å². The average molecular weight is 173 g/mol. The van der Waals surface area contributed by atoms with Gasteiger partial charge in [0.15, 0.2) is 0 Å². The molecule has 1 aliphatic heterocycles. The molecule has 0 bridgehead atoms. The molecule has 0 radical (unpaired) electrons. The first kappa shape index (κ1) is 7.30. The fourth-order valence-corrected chi connectivity index (χ4v) is 1.02. The number of anilines is 1. The molecule has 0 saturated carbocycles. The highest BCUT2D eigenvalue weighted by Crippen LogP contribution is 2.44. The number of halogens is 2. The van der Waals surface area contributed by atoms with Gasteiger partial charge in [-0.3, -0.25) is 0 Å². The van der Waals surface area contributed by atoms with E-state index in [9.17, 15) is 8.78 Å². The van der Waals surface area contributed by atoms with Crippen LogP contribution < -0.4 is 10.6 Å². The molecule has 0 fully saturated rings. The molecule has 5 heteroatoms. The lowest BCUT2D eigenvalue weighted by molar-refractivity contribution is -0.375. The molecule has 0 spiro atoms. The minimum atomic E-state index is -3.38. The molecule has 2 N–H and O–H groups in total. The van der Waals surface area contributed by atoms with Crippen molar-refractivity contribution < 1.29 is 18.6 Å². The Morgan fingerprint density at radius 3 is 2.75 bits per heavy atom. The Balaban J connectivity index is 2.61. The van der Waals surface area contributed by atoms with Crippen molar-refractivity contribution in [1.29, 1.82) is 0 Å². The normalized spacial score (nSPS) is 18.5. The molecule has 2 rings (SSSR count). The van der Waals surface area contributed by atoms with Crippen LogP contribution >= 0.6 is 0 Å². The van der Waals surface area contributed by atoms with Crippen LogP contribution in [0.25, 0.3) is 0 Å². The molecule has 0 saturated heterocycles. The molecule has 1 heterocycles. The predicted molar refractivity (Wildman–Crippen MR) is 36.5 cm³/mol. The van der Waals surface area contributed by atoms with Crippen LogP contribution in [-0.2, 0) is 11.0 Å². The fourth-order valence-electron chi connectivity index (χ4n) is 1.02. The number of rotatable bonds is 0. The first-order valence-corrected chi connectivity index (χ1v) is 3.24. The van der Waals surface area contributed by atoms with E-state index in [1.807, 2.05) is 0 Å². The van der Waals surface area contributed by atoms with E-state index in [0.29, 0.717) is 0 Å². The summed E-state index contributed by atoms with van der Waals surface area (Å²) in [5, 5.41) is 0. The molecule has 0 unspecified atom stereocenters. The zero-order valence-electron chi connectivity index (χ0n) is 5.88. The first-order valence-electron chi connectivity index (χ1n) is 3.24. The Hall–Kier alpha value is -1.36. The second kappa shape index (κ2) is 2.07. The third-order valence-corrected chi connectivity index (χ3v) is 1.59. The van der Waals surface area contributed by atoms with Gasteiger partial charge in [-0.1, -0.05) is 6.07 Å². The summed E-state index contributed by atoms with van der Waals surface area (Å²) in [7, 11) is 0. The number of benzene rings is 1. The summed E-state index contributed by atoms with van der Waals surface area (Å²) in [5.41, 5.74) is 5.17. The summed E-state index contributed by atoms with van der Waals surface area (Å²) in [6, 6.07) is 4.09. The summed E-state index contributed by atoms with van der Waals surface area (Å²) in [6.07, 6.45) is -3.38. The third kappa shape index (κ3) is 0.831. The van der Waals surface area contributed by atoms with Gasteiger partial charge in [0, 0.05) is 0 Å². The van der Waals surface area contributed by atoms with Gasteiger partial charge < -0.3 is 10.6 Å². The Bertz CT molecular complexity index is 327. The number of alkyl halides is 2. The maximum atomic E-state index is 12.7. The summed E-state index contributed by atoms with van der Waals surface area (Å²) in [6.45, 7) is 0. The molecule has 3 nitrogen and oxygen atoms in total. The Morgan fingerprint density at radius 2 is 2.08 bits per heavy atom. The standard InChI is InChI=1S/C7H5F2NO2/c8-7(9)4-2-1-3-5(10)6(4)11-12-7/h1-3H,10H2. The quantitative estimate of drug-likeness (QED) is 0.479. The lowest BCUT2D eigenvalue weighted by Crippen LogP contribution is -2.11. The SMILES string of the molecule is Nc1cccc2c1OOC2(F)F. The van der Waals surface area contributed by atoms with Gasteiger partial charge in [0.25, 0.3) is 0 Å². The van der Waals surface area contributed by atoms with E-state index in [4.69, 9.17) is 5.73 Å². The fraction of sp³-hybridized carbons (Fsp3) is 0.143. The van der Waals surface area contributed by atoms with Crippen molar-refractivity contribution in [3.8, 4) is 5.75 Å². The zero-order chi connectivity index (χ0) is 8.77. The number of nitrogens with two attached hydrogens (primary N) is 1. The predicted octanol–water partition coefficient (Wildman–Crippen LogP) is 1.64. The smallest absolute Gasteiger partial charge is 0.396 e. The minimum absolute atomic E-state index is 0.0949. The second-order valence-electron chi connectivity index (χ2n) is 2.41. The lowest BCUT2D eigenvalue weighted by atomic mass is 10.1. The van der Waals surface area contributed by atoms with Crippen LogP contribution in [0.3, 0.4) is 0 Å². The van der Waals surface area contributed by atoms with Gasteiger partial charge in [0.1, 0.15) is 5.56 Å². The topological polar surface area (TPSA) is 44.5 Å². The first-order chi connectivity index (χ1) is 5.61. The van der Waals surface area contributed by atoms with Crippen molar-refractivity contribution in [3.63, 3.8) is 0 Å². The van der Waals surface area contributed by atoms with Gasteiger partial charge in [-0.2, -0.15) is 8.78 Å². The van der Waals surface area contributed by atoms with E-state index in [2.05, 4.69) is 9.78 Å². The van der Waals surface area contributed by atoms with Crippen LogP contribution in [-0.4, -0.2) is 0 Å². The average Bonchev–Trinajstić information content (AvgIpc) is 2.30. The molecular weight excluding hydrogens is 168 g/mol. The number of nitrogen functional groups attached to an aromatic ring is 1. The maximum absolute atomic E-state index is 12.7. The van der Waals surface area contributed by atoms with Gasteiger partial charge in [-0.25, -0.2) is 0 Å². The summed E-state index contributed by atoms with van der Waals surface area (Å²) < 4.78 is 25.4. The Morgan fingerprint density at radius 1 is 1.33 bits per heavy atom. The van der Waals surface area contributed by atoms with Gasteiger partial charge in [-0.05, 0) is 12.1 Å². The number of hydrogen-bond acceptors (Lipinski definition) is 3. The lowest BCUT2D eigenvalue weighted by Gasteiger charge is -2.02. The molecular formula is C7H5F2NO2. The molecule has 64 valence electrons. The number of fused-ring (bicyclic) bond motifs is 1. The van der Waals surface area contributed by atoms with E-state index < -0.39 is 6.11 Å². The minimum Gasteiger partial charge on any atom is -0.396 e. The number of hydrogen-bond donors (Lipinski definition) is 1. The number of para-hydroxylation sites is 1. The van der Waals surface area contributed by atoms with Crippen molar-refractivity contribution in [1.82, 2.24) is 0 Å². The van der Waals surface area contributed by atoms with Gasteiger partial charge in [0.05, 0.1) is 5.69 Å². The van der Waals surface area contributed by atoms with E-state index in [1.165, 1.54) is 18.2 Å². The van der Waals surface area contributed by atoms with Crippen molar-refractivity contribution >= 4 is 5.69 Å². The Labute approximate surface area is 66.6 Å². The monoisotopic (exact) mass is 173 g/mol. The zero-order valence-corrected chi connectivity index (χ0v) is 5.88. The van der Waals surface area contributed by atoms with Crippen LogP contribution in [0.5, 0.6) is 5.75 Å².